The Kier molecular flexibility index (Phi) is 5.51. The molecule has 0 N–H and O–H groups in total. The summed E-state index contributed by atoms with van der Waals surface area (Å²) in [6.07, 6.45) is 0. The first kappa shape index (κ1) is 26.5. The van der Waals surface area contributed by atoms with Gasteiger partial charge in [0.05, 0.1) is 0 Å². The Morgan fingerprint density at radius 1 is 0.292 bits per heavy atom. The zero-order valence-corrected chi connectivity index (χ0v) is 27.5. The fourth-order valence-corrected chi connectivity index (χ4v) is 10.5. The number of thiophene rings is 2. The van der Waals surface area contributed by atoms with Gasteiger partial charge in [-0.1, -0.05) is 133 Å². The largest absolute Gasteiger partial charge is 0.135 e. The fourth-order valence-electron chi connectivity index (χ4n) is 8.11. The molecule has 0 unspecified atom stereocenters. The molecule has 0 saturated carbocycles. The van der Waals surface area contributed by atoms with Crippen LogP contribution in [0.2, 0.25) is 0 Å². The second kappa shape index (κ2) is 9.98. The molecule has 2 heterocycles. The molecule has 0 atom stereocenters. The van der Waals surface area contributed by atoms with Gasteiger partial charge in [0.2, 0.25) is 0 Å². The molecule has 11 rings (SSSR count). The summed E-state index contributed by atoms with van der Waals surface area (Å²) < 4.78 is 5.43. The number of rotatable bonds is 2. The third-order valence-corrected chi connectivity index (χ3v) is 12.5. The van der Waals surface area contributed by atoms with E-state index in [1.165, 1.54) is 106 Å². The lowest BCUT2D eigenvalue weighted by Gasteiger charge is -2.18. The molecule has 0 amide bonds. The van der Waals surface area contributed by atoms with Crippen LogP contribution < -0.4 is 0 Å². The van der Waals surface area contributed by atoms with Gasteiger partial charge in [-0.2, -0.15) is 0 Å². The molecule has 0 aliphatic heterocycles. The summed E-state index contributed by atoms with van der Waals surface area (Å²) in [6.45, 7) is 0. The van der Waals surface area contributed by atoms with Crippen molar-refractivity contribution in [3.05, 3.63) is 158 Å². The SMILES string of the molecule is c1ccc2cc(-c3c4ccccc4c(-c4ccc5c(c4)sc4ccc6ccc7c8ccccc8sc7c6c45)c4ccccc34)ccc2c1. The second-order valence-corrected chi connectivity index (χ2v) is 14.9. The molecular weight excluding hydrogens is 617 g/mol. The Bertz CT molecular complexity index is 3060. The van der Waals surface area contributed by atoms with Crippen molar-refractivity contribution in [2.75, 3.05) is 0 Å². The Morgan fingerprint density at radius 2 is 0.854 bits per heavy atom. The van der Waals surface area contributed by atoms with E-state index in [1.807, 2.05) is 22.7 Å². The van der Waals surface area contributed by atoms with Crippen LogP contribution in [-0.4, -0.2) is 0 Å². The summed E-state index contributed by atoms with van der Waals surface area (Å²) in [7, 11) is 0. The van der Waals surface area contributed by atoms with Crippen LogP contribution in [0.4, 0.5) is 0 Å². The molecule has 2 aromatic heterocycles. The molecule has 9 aromatic carbocycles. The van der Waals surface area contributed by atoms with Crippen molar-refractivity contribution >= 4 is 106 Å². The highest BCUT2D eigenvalue weighted by Gasteiger charge is 2.19. The van der Waals surface area contributed by atoms with E-state index in [4.69, 9.17) is 0 Å². The topological polar surface area (TPSA) is 0 Å². The minimum atomic E-state index is 1.26. The van der Waals surface area contributed by atoms with E-state index in [1.54, 1.807) is 0 Å². The Hall–Kier alpha value is -5.54. The minimum Gasteiger partial charge on any atom is -0.135 e. The summed E-state index contributed by atoms with van der Waals surface area (Å²) >= 11 is 3.84. The first-order valence-corrected chi connectivity index (χ1v) is 18.1. The lowest BCUT2D eigenvalue weighted by atomic mass is 9.85. The molecule has 0 spiro atoms. The number of benzene rings is 9. The number of hydrogen-bond acceptors (Lipinski definition) is 2. The van der Waals surface area contributed by atoms with Gasteiger partial charge in [-0.05, 0) is 84.2 Å². The van der Waals surface area contributed by atoms with Gasteiger partial charge in [-0.25, -0.2) is 0 Å². The molecule has 0 aliphatic carbocycles. The van der Waals surface area contributed by atoms with Gasteiger partial charge in [0.15, 0.2) is 0 Å². The number of hydrogen-bond donors (Lipinski definition) is 0. The first-order valence-electron chi connectivity index (χ1n) is 16.4. The normalized spacial score (nSPS) is 12.2. The third kappa shape index (κ3) is 3.70. The summed E-state index contributed by atoms with van der Waals surface area (Å²) in [5.74, 6) is 0. The van der Waals surface area contributed by atoms with E-state index >= 15 is 0 Å². The molecule has 11 aromatic rings. The van der Waals surface area contributed by atoms with Crippen molar-refractivity contribution in [1.82, 2.24) is 0 Å². The van der Waals surface area contributed by atoms with Crippen LogP contribution in [0.15, 0.2) is 158 Å². The van der Waals surface area contributed by atoms with E-state index in [-0.39, 0.29) is 0 Å². The van der Waals surface area contributed by atoms with E-state index in [9.17, 15) is 0 Å². The molecular formula is C46H26S2. The number of fused-ring (bicyclic) bond motifs is 12. The van der Waals surface area contributed by atoms with Crippen LogP contribution in [0.25, 0.3) is 106 Å². The Labute approximate surface area is 284 Å². The molecule has 0 nitrogen and oxygen atoms in total. The maximum absolute atomic E-state index is 2.45. The molecule has 0 radical (unpaired) electrons. The monoisotopic (exact) mass is 642 g/mol. The average Bonchev–Trinajstić information content (AvgIpc) is 3.71. The van der Waals surface area contributed by atoms with E-state index in [0.29, 0.717) is 0 Å². The van der Waals surface area contributed by atoms with Gasteiger partial charge in [-0.15, -0.1) is 22.7 Å². The molecule has 48 heavy (non-hydrogen) atoms. The summed E-state index contributed by atoms with van der Waals surface area (Å²) in [5.41, 5.74) is 5.13. The van der Waals surface area contributed by atoms with Gasteiger partial charge in [0.25, 0.3) is 0 Å². The molecule has 0 bridgehead atoms. The van der Waals surface area contributed by atoms with E-state index in [2.05, 4.69) is 158 Å². The Morgan fingerprint density at radius 3 is 1.60 bits per heavy atom. The second-order valence-electron chi connectivity index (χ2n) is 12.8. The summed E-state index contributed by atoms with van der Waals surface area (Å²) in [4.78, 5) is 0. The van der Waals surface area contributed by atoms with Gasteiger partial charge < -0.3 is 0 Å². The van der Waals surface area contributed by atoms with Crippen molar-refractivity contribution in [3.63, 3.8) is 0 Å². The maximum Gasteiger partial charge on any atom is 0.0440 e. The van der Waals surface area contributed by atoms with Crippen molar-refractivity contribution in [1.29, 1.82) is 0 Å². The zero-order valence-electron chi connectivity index (χ0n) is 25.8. The maximum atomic E-state index is 2.45. The predicted octanol–water partition coefficient (Wildman–Crippen LogP) is 14.4. The molecule has 0 aliphatic rings. The van der Waals surface area contributed by atoms with Crippen molar-refractivity contribution in [3.8, 4) is 22.3 Å². The molecule has 2 heteroatoms. The van der Waals surface area contributed by atoms with Crippen molar-refractivity contribution < 1.29 is 0 Å². The summed E-state index contributed by atoms with van der Waals surface area (Å²) in [5, 5.41) is 15.8. The fraction of sp³-hybridized carbons (Fsp3) is 0. The average molecular weight is 643 g/mol. The highest BCUT2D eigenvalue weighted by molar-refractivity contribution is 7.28. The van der Waals surface area contributed by atoms with Gasteiger partial charge in [-0.3, -0.25) is 0 Å². The van der Waals surface area contributed by atoms with Crippen LogP contribution in [0.3, 0.4) is 0 Å². The van der Waals surface area contributed by atoms with Crippen LogP contribution in [0, 0.1) is 0 Å². The van der Waals surface area contributed by atoms with Crippen LogP contribution in [0.5, 0.6) is 0 Å². The molecule has 222 valence electrons. The first-order chi connectivity index (χ1) is 23.8. The Balaban J connectivity index is 1.19. The van der Waals surface area contributed by atoms with E-state index in [0.717, 1.165) is 0 Å². The third-order valence-electron chi connectivity index (χ3n) is 10.2. The highest BCUT2D eigenvalue weighted by Crippen LogP contribution is 2.48. The van der Waals surface area contributed by atoms with Crippen LogP contribution in [0.1, 0.15) is 0 Å². The van der Waals surface area contributed by atoms with Gasteiger partial charge in [0, 0.05) is 45.7 Å². The highest BCUT2D eigenvalue weighted by atomic mass is 32.1. The minimum absolute atomic E-state index is 1.26. The smallest absolute Gasteiger partial charge is 0.0440 e. The quantitative estimate of drug-likeness (QED) is 0.165. The van der Waals surface area contributed by atoms with Crippen molar-refractivity contribution in [2.24, 2.45) is 0 Å². The lowest BCUT2D eigenvalue weighted by molar-refractivity contribution is 1.69. The molecule has 0 fully saturated rings. The van der Waals surface area contributed by atoms with Gasteiger partial charge >= 0.3 is 0 Å². The van der Waals surface area contributed by atoms with E-state index < -0.39 is 0 Å². The van der Waals surface area contributed by atoms with Gasteiger partial charge in [0.1, 0.15) is 0 Å². The zero-order chi connectivity index (χ0) is 31.3. The predicted molar refractivity (Wildman–Crippen MR) is 213 cm³/mol. The standard InChI is InChI=1S/C46H26S2/c1-2-10-29-25-30(18-17-27(29)9-1)42-33-12-3-5-14-35(33)43(36-15-6-4-13-34(36)42)31-20-23-38-41(26-31)47-40-24-21-28-19-22-37-32-11-7-8-16-39(32)48-46(37)44(28)45(38)40/h1-26H. The summed E-state index contributed by atoms with van der Waals surface area (Å²) in [6, 6.07) is 58.8. The lowest BCUT2D eigenvalue weighted by Crippen LogP contribution is -1.90. The van der Waals surface area contributed by atoms with Crippen LogP contribution >= 0.6 is 22.7 Å². The van der Waals surface area contributed by atoms with Crippen molar-refractivity contribution in [2.45, 2.75) is 0 Å². The molecule has 0 saturated heterocycles. The van der Waals surface area contributed by atoms with Crippen LogP contribution in [-0.2, 0) is 0 Å².